The van der Waals surface area contributed by atoms with Crippen molar-refractivity contribution in [1.82, 2.24) is 9.97 Å². The fourth-order valence-electron chi connectivity index (χ4n) is 2.53. The van der Waals surface area contributed by atoms with Crippen LogP contribution in [0.2, 0.25) is 0 Å². The number of benzene rings is 1. The Bertz CT molecular complexity index is 777. The Kier molecular flexibility index (Phi) is 4.23. The Morgan fingerprint density at radius 2 is 2.13 bits per heavy atom. The first-order valence-electron chi connectivity index (χ1n) is 7.42. The van der Waals surface area contributed by atoms with Gasteiger partial charge in [0.25, 0.3) is 0 Å². The zero-order chi connectivity index (χ0) is 16.2. The highest BCUT2D eigenvalue weighted by Crippen LogP contribution is 2.31. The van der Waals surface area contributed by atoms with Gasteiger partial charge in [0.15, 0.2) is 0 Å². The smallest absolute Gasteiger partial charge is 0.249 e. The number of primary amides is 1. The highest BCUT2D eigenvalue weighted by atomic mass is 16.2. The molecule has 117 valence electrons. The number of nitrogens with zero attached hydrogens (tertiary/aromatic N) is 1. The number of rotatable bonds is 1. The topological polar surface area (TPSA) is 101 Å². The third-order valence-electron chi connectivity index (χ3n) is 3.61. The van der Waals surface area contributed by atoms with Gasteiger partial charge in [0.1, 0.15) is 5.82 Å². The molecule has 2 bridgehead atoms. The molecule has 6 nitrogen and oxygen atoms in total. The molecule has 1 aromatic heterocycles. The van der Waals surface area contributed by atoms with Gasteiger partial charge in [-0.2, -0.15) is 0 Å². The summed E-state index contributed by atoms with van der Waals surface area (Å²) in [7, 11) is 0. The second-order valence-corrected chi connectivity index (χ2v) is 5.26. The van der Waals surface area contributed by atoms with Gasteiger partial charge in [0.2, 0.25) is 11.8 Å². The number of aromatic amines is 1. The van der Waals surface area contributed by atoms with Crippen LogP contribution in [0.3, 0.4) is 0 Å². The zero-order valence-electron chi connectivity index (χ0n) is 12.5. The Hall–Kier alpha value is -2.89. The molecule has 0 unspecified atom stereocenters. The fourth-order valence-corrected chi connectivity index (χ4v) is 2.53. The maximum absolute atomic E-state index is 12.1. The van der Waals surface area contributed by atoms with Crippen LogP contribution in [0.5, 0.6) is 0 Å². The third-order valence-corrected chi connectivity index (χ3v) is 3.61. The molecule has 1 radical (unpaired) electrons. The molecule has 3 rings (SSSR count). The molecule has 2 heterocycles. The van der Waals surface area contributed by atoms with Gasteiger partial charge in [-0.15, -0.1) is 0 Å². The van der Waals surface area contributed by atoms with Crippen molar-refractivity contribution in [2.24, 2.45) is 5.73 Å². The van der Waals surface area contributed by atoms with Crippen molar-refractivity contribution in [3.05, 3.63) is 54.4 Å². The number of anilines is 1. The summed E-state index contributed by atoms with van der Waals surface area (Å²) in [6.07, 6.45) is 9.38. The number of allylic oxidation sites excluding steroid dienone is 2. The molecule has 0 atom stereocenters. The van der Waals surface area contributed by atoms with Crippen molar-refractivity contribution in [2.75, 3.05) is 5.32 Å². The largest absolute Gasteiger partial charge is 0.366 e. The van der Waals surface area contributed by atoms with E-state index in [9.17, 15) is 9.59 Å². The van der Waals surface area contributed by atoms with Gasteiger partial charge in [-0.1, -0.05) is 18.2 Å². The van der Waals surface area contributed by atoms with Gasteiger partial charge in [0, 0.05) is 24.6 Å². The standard InChI is InChI=1S/C17H17N4O2/c18-17(23)11-6-5-7-12-16(11)13-10-19-14(20-13)8-3-1-2-4-9-15(22)21-12/h1-2,5-8,10H,3-4,9H2,(H2,18,23)(H,19,20)(H,21,22)/b2-1+. The zero-order valence-corrected chi connectivity index (χ0v) is 12.5. The molecule has 1 aliphatic heterocycles. The van der Waals surface area contributed by atoms with Gasteiger partial charge in [-0.3, -0.25) is 9.59 Å². The second kappa shape index (κ2) is 6.48. The Morgan fingerprint density at radius 1 is 1.26 bits per heavy atom. The fraction of sp³-hybridized carbons (Fsp3) is 0.176. The lowest BCUT2D eigenvalue weighted by molar-refractivity contribution is -0.116. The maximum atomic E-state index is 12.1. The van der Waals surface area contributed by atoms with Crippen molar-refractivity contribution in [3.8, 4) is 11.3 Å². The minimum absolute atomic E-state index is 0.114. The SMILES string of the molecule is NC(=O)c1cccc2c1-c1c[nH]c(n1)[CH]C/C=C/CCC(=O)N2. The molecule has 6 heteroatoms. The Labute approximate surface area is 133 Å². The first-order chi connectivity index (χ1) is 11.1. The molecule has 0 saturated carbocycles. The number of nitrogens with two attached hydrogens (primary N) is 1. The molecule has 0 fully saturated rings. The van der Waals surface area contributed by atoms with Crippen LogP contribution in [0.1, 0.15) is 35.4 Å². The van der Waals surface area contributed by atoms with Crippen molar-refractivity contribution in [3.63, 3.8) is 0 Å². The van der Waals surface area contributed by atoms with Gasteiger partial charge in [0.05, 0.1) is 16.9 Å². The van der Waals surface area contributed by atoms with E-state index in [1.54, 1.807) is 24.4 Å². The number of hydrogen-bond acceptors (Lipinski definition) is 3. The summed E-state index contributed by atoms with van der Waals surface area (Å²) < 4.78 is 0. The number of carbonyl (C=O) groups excluding carboxylic acids is 2. The molecule has 2 amide bonds. The van der Waals surface area contributed by atoms with Gasteiger partial charge < -0.3 is 16.0 Å². The lowest BCUT2D eigenvalue weighted by Gasteiger charge is -2.12. The number of hydrogen-bond donors (Lipinski definition) is 3. The molecular formula is C17H17N4O2. The summed E-state index contributed by atoms with van der Waals surface area (Å²) in [6.45, 7) is 0. The number of imidazole rings is 1. The van der Waals surface area contributed by atoms with Gasteiger partial charge in [-0.25, -0.2) is 4.98 Å². The minimum Gasteiger partial charge on any atom is -0.366 e. The third kappa shape index (κ3) is 3.31. The van der Waals surface area contributed by atoms with Crippen LogP contribution in [0.15, 0.2) is 36.5 Å². The Morgan fingerprint density at radius 3 is 2.96 bits per heavy atom. The number of amides is 2. The molecule has 1 aliphatic rings. The number of fused-ring (bicyclic) bond motifs is 4. The molecule has 1 aromatic carbocycles. The second-order valence-electron chi connectivity index (χ2n) is 5.26. The molecule has 23 heavy (non-hydrogen) atoms. The van der Waals surface area contributed by atoms with E-state index >= 15 is 0 Å². The quantitative estimate of drug-likeness (QED) is 0.705. The van der Waals surface area contributed by atoms with Gasteiger partial charge in [-0.05, 0) is 25.0 Å². The highest BCUT2D eigenvalue weighted by molar-refractivity contribution is 6.05. The van der Waals surface area contributed by atoms with E-state index < -0.39 is 5.91 Å². The lowest BCUT2D eigenvalue weighted by Crippen LogP contribution is -2.16. The lowest BCUT2D eigenvalue weighted by atomic mass is 10.0. The van der Waals surface area contributed by atoms with E-state index in [4.69, 9.17) is 5.73 Å². The summed E-state index contributed by atoms with van der Waals surface area (Å²) in [5.41, 5.74) is 7.45. The number of carbonyl (C=O) groups is 2. The van der Waals surface area contributed by atoms with E-state index in [1.165, 1.54) is 0 Å². The summed E-state index contributed by atoms with van der Waals surface area (Å²) >= 11 is 0. The predicted molar refractivity (Wildman–Crippen MR) is 87.6 cm³/mol. The van der Waals surface area contributed by atoms with Crippen LogP contribution in [0.4, 0.5) is 5.69 Å². The highest BCUT2D eigenvalue weighted by Gasteiger charge is 2.18. The molecule has 0 saturated heterocycles. The summed E-state index contributed by atoms with van der Waals surface area (Å²) in [5, 5.41) is 2.85. The first kappa shape index (κ1) is 15.0. The number of H-pyrrole nitrogens is 1. The minimum atomic E-state index is -0.560. The average Bonchev–Trinajstić information content (AvgIpc) is 2.98. The normalized spacial score (nSPS) is 16.3. The summed E-state index contributed by atoms with van der Waals surface area (Å²) in [6, 6.07) is 5.06. The molecule has 0 spiro atoms. The van der Waals surface area contributed by atoms with E-state index in [1.807, 2.05) is 18.6 Å². The average molecular weight is 309 g/mol. The van der Waals surface area contributed by atoms with Crippen LogP contribution in [-0.4, -0.2) is 21.8 Å². The van der Waals surface area contributed by atoms with E-state index in [0.717, 1.165) is 6.42 Å². The number of aromatic nitrogens is 2. The van der Waals surface area contributed by atoms with Crippen molar-refractivity contribution >= 4 is 17.5 Å². The van der Waals surface area contributed by atoms with Crippen molar-refractivity contribution in [1.29, 1.82) is 0 Å². The first-order valence-corrected chi connectivity index (χ1v) is 7.42. The van der Waals surface area contributed by atoms with Crippen LogP contribution in [0, 0.1) is 6.42 Å². The van der Waals surface area contributed by atoms with Crippen LogP contribution in [0.25, 0.3) is 11.3 Å². The Balaban J connectivity index is 2.12. The predicted octanol–water partition coefficient (Wildman–Crippen LogP) is 2.41. The van der Waals surface area contributed by atoms with Gasteiger partial charge >= 0.3 is 0 Å². The van der Waals surface area contributed by atoms with E-state index in [-0.39, 0.29) is 5.91 Å². The molecule has 4 N–H and O–H groups in total. The maximum Gasteiger partial charge on any atom is 0.249 e. The van der Waals surface area contributed by atoms with E-state index in [2.05, 4.69) is 15.3 Å². The van der Waals surface area contributed by atoms with Crippen LogP contribution in [-0.2, 0) is 4.79 Å². The monoisotopic (exact) mass is 309 g/mol. The van der Waals surface area contributed by atoms with E-state index in [0.29, 0.717) is 41.2 Å². The van der Waals surface area contributed by atoms with Crippen molar-refractivity contribution in [2.45, 2.75) is 19.3 Å². The van der Waals surface area contributed by atoms with Crippen LogP contribution < -0.4 is 11.1 Å². The molecular weight excluding hydrogens is 292 g/mol. The molecule has 0 aliphatic carbocycles. The number of nitrogens with one attached hydrogen (secondary N) is 2. The van der Waals surface area contributed by atoms with Crippen LogP contribution >= 0.6 is 0 Å². The van der Waals surface area contributed by atoms with Crippen molar-refractivity contribution < 1.29 is 9.59 Å². The molecule has 2 aromatic rings. The summed E-state index contributed by atoms with van der Waals surface area (Å²) in [5.74, 6) is 0.0348. The summed E-state index contributed by atoms with van der Waals surface area (Å²) in [4.78, 5) is 31.4.